The topological polar surface area (TPSA) is 54.5 Å². The van der Waals surface area contributed by atoms with Gasteiger partial charge in [-0.15, -0.1) is 0 Å². The SMILES string of the molecule is Cc1cc2c(nc1N1CCC(OCC3(C)CCCC3)CC1)CNC2=O. The molecule has 4 rings (SSSR count). The largest absolute Gasteiger partial charge is 0.378 e. The summed E-state index contributed by atoms with van der Waals surface area (Å²) in [6.45, 7) is 7.87. The lowest BCUT2D eigenvalue weighted by Gasteiger charge is -2.35. The number of carbonyl (C=O) groups is 1. The maximum Gasteiger partial charge on any atom is 0.253 e. The summed E-state index contributed by atoms with van der Waals surface area (Å²) >= 11 is 0. The minimum Gasteiger partial charge on any atom is -0.378 e. The molecular formula is C20H29N3O2. The smallest absolute Gasteiger partial charge is 0.253 e. The molecule has 0 aromatic carbocycles. The Labute approximate surface area is 150 Å². The van der Waals surface area contributed by atoms with E-state index in [0.717, 1.165) is 55.2 Å². The van der Waals surface area contributed by atoms with Crippen LogP contribution in [0.2, 0.25) is 0 Å². The maximum absolute atomic E-state index is 11.8. The number of pyridine rings is 1. The van der Waals surface area contributed by atoms with Crippen LogP contribution < -0.4 is 10.2 Å². The second-order valence-corrected chi connectivity index (χ2v) is 8.32. The van der Waals surface area contributed by atoms with Gasteiger partial charge < -0.3 is 15.0 Å². The van der Waals surface area contributed by atoms with Gasteiger partial charge in [0.05, 0.1) is 30.5 Å². The van der Waals surface area contributed by atoms with Crippen LogP contribution in [0.3, 0.4) is 0 Å². The van der Waals surface area contributed by atoms with Crippen LogP contribution in [0.25, 0.3) is 0 Å². The van der Waals surface area contributed by atoms with Gasteiger partial charge in [0.2, 0.25) is 0 Å². The Hall–Kier alpha value is -1.62. The van der Waals surface area contributed by atoms with E-state index in [1.807, 2.05) is 6.07 Å². The highest BCUT2D eigenvalue weighted by Gasteiger charge is 2.31. The van der Waals surface area contributed by atoms with Crippen molar-refractivity contribution in [2.24, 2.45) is 5.41 Å². The Balaban J connectivity index is 1.35. The Morgan fingerprint density at radius 2 is 2.04 bits per heavy atom. The van der Waals surface area contributed by atoms with E-state index in [4.69, 9.17) is 9.72 Å². The summed E-state index contributed by atoms with van der Waals surface area (Å²) < 4.78 is 6.27. The molecule has 0 atom stereocenters. The van der Waals surface area contributed by atoms with E-state index in [1.165, 1.54) is 25.7 Å². The molecule has 1 saturated carbocycles. The van der Waals surface area contributed by atoms with Crippen LogP contribution in [0, 0.1) is 12.3 Å². The second kappa shape index (κ2) is 6.60. The van der Waals surface area contributed by atoms with E-state index < -0.39 is 0 Å². The first-order valence-corrected chi connectivity index (χ1v) is 9.69. The molecule has 1 aliphatic carbocycles. The number of nitrogens with zero attached hydrogens (tertiary/aromatic N) is 2. The van der Waals surface area contributed by atoms with Gasteiger partial charge in [0.15, 0.2) is 0 Å². The summed E-state index contributed by atoms with van der Waals surface area (Å²) in [7, 11) is 0. The average Bonchev–Trinajstić information content (AvgIpc) is 3.20. The first-order chi connectivity index (χ1) is 12.0. The summed E-state index contributed by atoms with van der Waals surface area (Å²) in [5.41, 5.74) is 3.13. The normalized spacial score (nSPS) is 23.0. The lowest BCUT2D eigenvalue weighted by Crippen LogP contribution is -2.39. The average molecular weight is 343 g/mol. The Morgan fingerprint density at radius 3 is 2.76 bits per heavy atom. The molecule has 25 heavy (non-hydrogen) atoms. The number of piperidine rings is 1. The fourth-order valence-electron chi connectivity index (χ4n) is 4.48. The predicted octanol–water partition coefficient (Wildman–Crippen LogP) is 3.20. The molecule has 5 nitrogen and oxygen atoms in total. The van der Waals surface area contributed by atoms with E-state index in [9.17, 15) is 4.79 Å². The van der Waals surface area contributed by atoms with Crippen LogP contribution in [0.4, 0.5) is 5.82 Å². The fourth-order valence-corrected chi connectivity index (χ4v) is 4.48. The number of ether oxygens (including phenoxy) is 1. The lowest BCUT2D eigenvalue weighted by molar-refractivity contribution is -0.0122. The molecule has 1 N–H and O–H groups in total. The molecule has 1 aromatic heterocycles. The predicted molar refractivity (Wildman–Crippen MR) is 97.9 cm³/mol. The highest BCUT2D eigenvalue weighted by Crippen LogP contribution is 2.38. The zero-order chi connectivity index (χ0) is 17.4. The maximum atomic E-state index is 11.8. The van der Waals surface area contributed by atoms with E-state index in [2.05, 4.69) is 24.1 Å². The van der Waals surface area contributed by atoms with Gasteiger partial charge in [-0.05, 0) is 49.7 Å². The van der Waals surface area contributed by atoms with Crippen LogP contribution in [0.15, 0.2) is 6.07 Å². The number of carbonyl (C=O) groups excluding carboxylic acids is 1. The van der Waals surface area contributed by atoms with E-state index in [1.54, 1.807) is 0 Å². The molecular weight excluding hydrogens is 314 g/mol. The minimum absolute atomic E-state index is 0.00432. The fraction of sp³-hybridized carbons (Fsp3) is 0.700. The number of aryl methyl sites for hydroxylation is 1. The van der Waals surface area contributed by atoms with Gasteiger partial charge in [0.25, 0.3) is 5.91 Å². The third-order valence-electron chi connectivity index (χ3n) is 6.15. The van der Waals surface area contributed by atoms with E-state index in [-0.39, 0.29) is 5.91 Å². The van der Waals surface area contributed by atoms with Crippen molar-refractivity contribution in [2.45, 2.75) is 65.0 Å². The Morgan fingerprint density at radius 1 is 1.32 bits per heavy atom. The monoisotopic (exact) mass is 343 g/mol. The lowest BCUT2D eigenvalue weighted by atomic mass is 9.90. The van der Waals surface area contributed by atoms with Crippen molar-refractivity contribution in [3.63, 3.8) is 0 Å². The van der Waals surface area contributed by atoms with Crippen molar-refractivity contribution < 1.29 is 9.53 Å². The first-order valence-electron chi connectivity index (χ1n) is 9.69. The van der Waals surface area contributed by atoms with Crippen LogP contribution >= 0.6 is 0 Å². The molecule has 1 aromatic rings. The number of fused-ring (bicyclic) bond motifs is 1. The minimum atomic E-state index is 0.00432. The number of amides is 1. The molecule has 2 fully saturated rings. The zero-order valence-corrected chi connectivity index (χ0v) is 15.4. The van der Waals surface area contributed by atoms with Crippen molar-refractivity contribution in [1.82, 2.24) is 10.3 Å². The molecule has 3 aliphatic rings. The zero-order valence-electron chi connectivity index (χ0n) is 15.4. The molecule has 136 valence electrons. The van der Waals surface area contributed by atoms with Gasteiger partial charge in [0.1, 0.15) is 5.82 Å². The van der Waals surface area contributed by atoms with Crippen LogP contribution in [0.1, 0.15) is 67.1 Å². The van der Waals surface area contributed by atoms with Crippen LogP contribution in [-0.4, -0.2) is 36.7 Å². The summed E-state index contributed by atoms with van der Waals surface area (Å²) in [4.78, 5) is 18.9. The van der Waals surface area contributed by atoms with Gasteiger partial charge >= 0.3 is 0 Å². The molecule has 0 bridgehead atoms. The number of aromatic nitrogens is 1. The van der Waals surface area contributed by atoms with Gasteiger partial charge in [-0.3, -0.25) is 4.79 Å². The Kier molecular flexibility index (Phi) is 4.44. The van der Waals surface area contributed by atoms with Gasteiger partial charge in [0, 0.05) is 13.1 Å². The molecule has 0 radical (unpaired) electrons. The van der Waals surface area contributed by atoms with Crippen LogP contribution in [0.5, 0.6) is 0 Å². The van der Waals surface area contributed by atoms with Gasteiger partial charge in [-0.25, -0.2) is 4.98 Å². The molecule has 0 spiro atoms. The van der Waals surface area contributed by atoms with Crippen molar-refractivity contribution in [3.8, 4) is 0 Å². The molecule has 2 aliphatic heterocycles. The number of rotatable bonds is 4. The van der Waals surface area contributed by atoms with Crippen molar-refractivity contribution >= 4 is 11.7 Å². The quantitative estimate of drug-likeness (QED) is 0.912. The summed E-state index contributed by atoms with van der Waals surface area (Å²) in [5, 5.41) is 2.86. The first kappa shape index (κ1) is 16.8. The number of hydrogen-bond acceptors (Lipinski definition) is 4. The highest BCUT2D eigenvalue weighted by molar-refractivity contribution is 5.98. The Bertz CT molecular complexity index is 659. The summed E-state index contributed by atoms with van der Waals surface area (Å²) in [5.74, 6) is 1.04. The molecule has 1 amide bonds. The van der Waals surface area contributed by atoms with Gasteiger partial charge in [-0.2, -0.15) is 0 Å². The molecule has 3 heterocycles. The van der Waals surface area contributed by atoms with Crippen molar-refractivity contribution in [2.75, 3.05) is 24.6 Å². The molecule has 1 saturated heterocycles. The number of nitrogens with one attached hydrogen (secondary N) is 1. The summed E-state index contributed by atoms with van der Waals surface area (Å²) in [6, 6.07) is 1.99. The third-order valence-corrected chi connectivity index (χ3v) is 6.15. The van der Waals surface area contributed by atoms with Crippen molar-refractivity contribution in [3.05, 3.63) is 22.9 Å². The van der Waals surface area contributed by atoms with E-state index in [0.29, 0.717) is 18.1 Å². The van der Waals surface area contributed by atoms with Crippen LogP contribution in [-0.2, 0) is 11.3 Å². The molecule has 5 heteroatoms. The highest BCUT2D eigenvalue weighted by atomic mass is 16.5. The summed E-state index contributed by atoms with van der Waals surface area (Å²) in [6.07, 6.45) is 7.86. The number of anilines is 1. The standard InChI is InChI=1S/C20H29N3O2/c1-14-11-16-17(12-21-19(16)24)22-18(14)23-9-5-15(6-10-23)25-13-20(2)7-3-4-8-20/h11,15H,3-10,12-13H2,1-2H3,(H,21,24). The second-order valence-electron chi connectivity index (χ2n) is 8.32. The molecule has 0 unspecified atom stereocenters. The van der Waals surface area contributed by atoms with Gasteiger partial charge in [-0.1, -0.05) is 19.8 Å². The van der Waals surface area contributed by atoms with E-state index >= 15 is 0 Å². The third kappa shape index (κ3) is 3.39. The number of hydrogen-bond donors (Lipinski definition) is 1. The van der Waals surface area contributed by atoms with Crippen molar-refractivity contribution in [1.29, 1.82) is 0 Å².